The van der Waals surface area contributed by atoms with Gasteiger partial charge in [-0.15, -0.1) is 0 Å². The number of pyridine rings is 1. The summed E-state index contributed by atoms with van der Waals surface area (Å²) in [7, 11) is 0. The van der Waals surface area contributed by atoms with Crippen molar-refractivity contribution in [2.45, 2.75) is 13.0 Å². The lowest BCUT2D eigenvalue weighted by Gasteiger charge is -2.04. The Hall–Kier alpha value is -2.49. The SMILES string of the molecule is O=Cc1ccc2ncn(CCc3cccnc3)c2c1. The van der Waals surface area contributed by atoms with Crippen LogP contribution in [0.3, 0.4) is 0 Å². The van der Waals surface area contributed by atoms with Crippen LogP contribution in [-0.2, 0) is 13.0 Å². The van der Waals surface area contributed by atoms with Gasteiger partial charge < -0.3 is 4.57 Å². The van der Waals surface area contributed by atoms with Crippen LogP contribution in [0.15, 0.2) is 49.1 Å². The van der Waals surface area contributed by atoms with Gasteiger partial charge in [0.15, 0.2) is 0 Å². The van der Waals surface area contributed by atoms with Crippen LogP contribution < -0.4 is 0 Å². The molecule has 2 heterocycles. The molecule has 2 aromatic heterocycles. The van der Waals surface area contributed by atoms with E-state index in [1.54, 1.807) is 12.3 Å². The number of rotatable bonds is 4. The van der Waals surface area contributed by atoms with Crippen LogP contribution in [0.25, 0.3) is 11.0 Å². The molecule has 0 radical (unpaired) electrons. The number of benzene rings is 1. The molecule has 0 aliphatic rings. The van der Waals surface area contributed by atoms with Crippen LogP contribution in [0.2, 0.25) is 0 Å². The molecule has 0 spiro atoms. The second-order valence-corrected chi connectivity index (χ2v) is 4.42. The maximum atomic E-state index is 10.8. The highest BCUT2D eigenvalue weighted by atomic mass is 16.1. The van der Waals surface area contributed by atoms with E-state index >= 15 is 0 Å². The molecule has 4 heteroatoms. The van der Waals surface area contributed by atoms with Crippen LogP contribution in [-0.4, -0.2) is 20.8 Å². The number of hydrogen-bond acceptors (Lipinski definition) is 3. The van der Waals surface area contributed by atoms with Gasteiger partial charge in [0, 0.05) is 24.5 Å². The van der Waals surface area contributed by atoms with Crippen molar-refractivity contribution in [2.75, 3.05) is 0 Å². The van der Waals surface area contributed by atoms with Gasteiger partial charge in [0.2, 0.25) is 0 Å². The van der Waals surface area contributed by atoms with Crippen molar-refractivity contribution in [2.24, 2.45) is 0 Å². The first-order chi connectivity index (χ1) is 9.36. The zero-order valence-corrected chi connectivity index (χ0v) is 10.4. The van der Waals surface area contributed by atoms with E-state index in [0.29, 0.717) is 5.56 Å². The third kappa shape index (κ3) is 2.38. The Labute approximate surface area is 110 Å². The summed E-state index contributed by atoms with van der Waals surface area (Å²) in [6, 6.07) is 9.53. The van der Waals surface area contributed by atoms with E-state index in [4.69, 9.17) is 0 Å². The molecule has 0 fully saturated rings. The van der Waals surface area contributed by atoms with Crippen molar-refractivity contribution in [1.29, 1.82) is 0 Å². The summed E-state index contributed by atoms with van der Waals surface area (Å²) in [6.07, 6.45) is 7.21. The second-order valence-electron chi connectivity index (χ2n) is 4.42. The predicted molar refractivity (Wildman–Crippen MR) is 73.1 cm³/mol. The van der Waals surface area contributed by atoms with Crippen molar-refractivity contribution in [3.05, 3.63) is 60.2 Å². The summed E-state index contributed by atoms with van der Waals surface area (Å²) in [6.45, 7) is 0.824. The first-order valence-electron chi connectivity index (χ1n) is 6.16. The number of hydrogen-bond donors (Lipinski definition) is 0. The molecular formula is C15H13N3O. The Bertz CT molecular complexity index is 704. The molecule has 0 bridgehead atoms. The topological polar surface area (TPSA) is 47.8 Å². The quantitative estimate of drug-likeness (QED) is 0.669. The smallest absolute Gasteiger partial charge is 0.150 e. The largest absolute Gasteiger partial charge is 0.330 e. The van der Waals surface area contributed by atoms with E-state index in [1.807, 2.05) is 30.7 Å². The highest BCUT2D eigenvalue weighted by Gasteiger charge is 2.04. The van der Waals surface area contributed by atoms with Crippen LogP contribution >= 0.6 is 0 Å². The zero-order chi connectivity index (χ0) is 13.1. The van der Waals surface area contributed by atoms with Crippen LogP contribution in [0, 0.1) is 0 Å². The van der Waals surface area contributed by atoms with Crippen LogP contribution in [0.5, 0.6) is 0 Å². The second kappa shape index (κ2) is 5.02. The van der Waals surface area contributed by atoms with Crippen molar-refractivity contribution in [3.63, 3.8) is 0 Å². The maximum Gasteiger partial charge on any atom is 0.150 e. The van der Waals surface area contributed by atoms with Crippen molar-refractivity contribution in [1.82, 2.24) is 14.5 Å². The summed E-state index contributed by atoms with van der Waals surface area (Å²) < 4.78 is 2.06. The molecular weight excluding hydrogens is 238 g/mol. The van der Waals surface area contributed by atoms with Gasteiger partial charge in [-0.3, -0.25) is 9.78 Å². The summed E-state index contributed by atoms with van der Waals surface area (Å²) in [5.74, 6) is 0. The molecule has 0 amide bonds. The lowest BCUT2D eigenvalue weighted by Crippen LogP contribution is -2.00. The van der Waals surface area contributed by atoms with Gasteiger partial charge in [0.25, 0.3) is 0 Å². The Morgan fingerprint density at radius 1 is 1.26 bits per heavy atom. The Morgan fingerprint density at radius 3 is 3.00 bits per heavy atom. The van der Waals surface area contributed by atoms with E-state index in [-0.39, 0.29) is 0 Å². The lowest BCUT2D eigenvalue weighted by molar-refractivity contribution is 0.112. The number of aldehydes is 1. The molecule has 94 valence electrons. The van der Waals surface area contributed by atoms with E-state index < -0.39 is 0 Å². The fraction of sp³-hybridized carbons (Fsp3) is 0.133. The minimum atomic E-state index is 0.677. The van der Waals surface area contributed by atoms with Crippen molar-refractivity contribution in [3.8, 4) is 0 Å². The molecule has 0 aliphatic carbocycles. The number of aryl methyl sites for hydroxylation is 2. The molecule has 4 nitrogen and oxygen atoms in total. The highest BCUT2D eigenvalue weighted by Crippen LogP contribution is 2.15. The van der Waals surface area contributed by atoms with E-state index in [0.717, 1.165) is 30.3 Å². The van der Waals surface area contributed by atoms with Gasteiger partial charge in [-0.1, -0.05) is 6.07 Å². The van der Waals surface area contributed by atoms with Gasteiger partial charge in [-0.05, 0) is 36.2 Å². The summed E-state index contributed by atoms with van der Waals surface area (Å²) in [4.78, 5) is 19.3. The fourth-order valence-corrected chi connectivity index (χ4v) is 2.12. The first kappa shape index (κ1) is 11.6. The minimum absolute atomic E-state index is 0.677. The Morgan fingerprint density at radius 2 is 2.21 bits per heavy atom. The van der Waals surface area contributed by atoms with E-state index in [1.165, 1.54) is 5.56 Å². The molecule has 0 unspecified atom stereocenters. The molecule has 0 saturated carbocycles. The average Bonchev–Trinajstić information content (AvgIpc) is 2.88. The number of carbonyl (C=O) groups excluding carboxylic acids is 1. The summed E-state index contributed by atoms with van der Waals surface area (Å²) in [5.41, 5.74) is 3.77. The summed E-state index contributed by atoms with van der Waals surface area (Å²) in [5, 5.41) is 0. The van der Waals surface area contributed by atoms with Crippen LogP contribution in [0.1, 0.15) is 15.9 Å². The highest BCUT2D eigenvalue weighted by molar-refractivity contribution is 5.84. The molecule has 3 aromatic rings. The van der Waals surface area contributed by atoms with Gasteiger partial charge >= 0.3 is 0 Å². The number of imidazole rings is 1. The zero-order valence-electron chi connectivity index (χ0n) is 10.4. The molecule has 0 saturated heterocycles. The number of fused-ring (bicyclic) bond motifs is 1. The lowest BCUT2D eigenvalue weighted by atomic mass is 10.2. The average molecular weight is 251 g/mol. The van der Waals surface area contributed by atoms with Gasteiger partial charge in [-0.25, -0.2) is 4.98 Å². The van der Waals surface area contributed by atoms with E-state index in [9.17, 15) is 4.79 Å². The Balaban J connectivity index is 1.86. The van der Waals surface area contributed by atoms with Crippen molar-refractivity contribution < 1.29 is 4.79 Å². The monoisotopic (exact) mass is 251 g/mol. The first-order valence-corrected chi connectivity index (χ1v) is 6.16. The third-order valence-electron chi connectivity index (χ3n) is 3.15. The Kier molecular flexibility index (Phi) is 3.06. The normalized spacial score (nSPS) is 10.7. The number of aromatic nitrogens is 3. The van der Waals surface area contributed by atoms with Gasteiger partial charge in [0.05, 0.1) is 17.4 Å². The molecule has 1 aromatic carbocycles. The standard InChI is InChI=1S/C15H13N3O/c19-10-13-3-4-14-15(8-13)18(11-17-14)7-5-12-2-1-6-16-9-12/h1-4,6,8-11H,5,7H2. The van der Waals surface area contributed by atoms with Crippen LogP contribution in [0.4, 0.5) is 0 Å². The van der Waals surface area contributed by atoms with Gasteiger partial charge in [-0.2, -0.15) is 0 Å². The molecule has 0 atom stereocenters. The summed E-state index contributed by atoms with van der Waals surface area (Å²) >= 11 is 0. The number of nitrogens with zero attached hydrogens (tertiary/aromatic N) is 3. The third-order valence-corrected chi connectivity index (χ3v) is 3.15. The van der Waals surface area contributed by atoms with Gasteiger partial charge in [0.1, 0.15) is 6.29 Å². The van der Waals surface area contributed by atoms with E-state index in [2.05, 4.69) is 20.6 Å². The van der Waals surface area contributed by atoms with Crippen molar-refractivity contribution >= 4 is 17.3 Å². The predicted octanol–water partition coefficient (Wildman–Crippen LogP) is 2.49. The fourth-order valence-electron chi connectivity index (χ4n) is 2.12. The maximum absolute atomic E-state index is 10.8. The number of carbonyl (C=O) groups is 1. The molecule has 3 rings (SSSR count). The minimum Gasteiger partial charge on any atom is -0.330 e. The molecule has 0 N–H and O–H groups in total. The molecule has 0 aliphatic heterocycles. The molecule has 19 heavy (non-hydrogen) atoms.